The molecule has 0 spiro atoms. The maximum Gasteiger partial charge on any atom is 0.321 e. The zero-order valence-corrected chi connectivity index (χ0v) is 14.4. The van der Waals surface area contributed by atoms with Crippen molar-refractivity contribution in [1.29, 1.82) is 0 Å². The highest BCUT2D eigenvalue weighted by Crippen LogP contribution is 2.30. The van der Waals surface area contributed by atoms with Gasteiger partial charge in [-0.15, -0.1) is 11.8 Å². The van der Waals surface area contributed by atoms with Gasteiger partial charge in [-0.05, 0) is 37.6 Å². The van der Waals surface area contributed by atoms with Gasteiger partial charge < -0.3 is 10.1 Å². The highest BCUT2D eigenvalue weighted by atomic mass is 32.2. The second-order valence-corrected chi connectivity index (χ2v) is 7.26. The van der Waals surface area contributed by atoms with Crippen LogP contribution in [0.4, 0.5) is 4.79 Å². The molecule has 0 aromatic heterocycles. The Balaban J connectivity index is 1.52. The monoisotopic (exact) mass is 325 g/mol. The number of amides is 2. The third kappa shape index (κ3) is 3.29. The summed E-state index contributed by atoms with van der Waals surface area (Å²) in [5.41, 5.74) is 1.15. The van der Waals surface area contributed by atoms with Crippen molar-refractivity contribution in [3.63, 3.8) is 0 Å². The van der Waals surface area contributed by atoms with E-state index in [2.05, 4.69) is 22.5 Å². The molecular weight excluding hydrogens is 298 g/mol. The van der Waals surface area contributed by atoms with E-state index in [-0.39, 0.29) is 6.03 Å². The molecule has 2 fully saturated rings. The Kier molecular flexibility index (Phi) is 5.31. The van der Waals surface area contributed by atoms with Gasteiger partial charge in [0.25, 0.3) is 0 Å². The van der Waals surface area contributed by atoms with Crippen molar-refractivity contribution in [3.05, 3.63) is 11.1 Å². The average molecular weight is 325 g/mol. The Morgan fingerprint density at radius 2 is 2.41 bits per heavy atom. The minimum atomic E-state index is 0.0343. The van der Waals surface area contributed by atoms with Crippen LogP contribution in [0.15, 0.2) is 11.1 Å². The van der Waals surface area contributed by atoms with Gasteiger partial charge in [0.15, 0.2) is 0 Å². The summed E-state index contributed by atoms with van der Waals surface area (Å²) in [5.74, 6) is 1.01. The Labute approximate surface area is 137 Å². The SMILES string of the molecule is CCC1=CSC[C@@H](CCCN2C[C@@H]3C[C@H]2CO3)N1C(=O)NC. The summed E-state index contributed by atoms with van der Waals surface area (Å²) in [4.78, 5) is 16.8. The van der Waals surface area contributed by atoms with Gasteiger partial charge in [0.1, 0.15) is 0 Å². The number of allylic oxidation sites excluding steroid dienone is 1. The predicted octanol–water partition coefficient (Wildman–Crippen LogP) is 2.25. The van der Waals surface area contributed by atoms with Gasteiger partial charge in [0.2, 0.25) is 0 Å². The maximum absolute atomic E-state index is 12.2. The van der Waals surface area contributed by atoms with E-state index in [9.17, 15) is 4.79 Å². The highest BCUT2D eigenvalue weighted by molar-refractivity contribution is 8.02. The number of nitrogens with one attached hydrogen (secondary N) is 1. The molecule has 3 atom stereocenters. The van der Waals surface area contributed by atoms with Crippen LogP contribution in [-0.2, 0) is 4.74 Å². The highest BCUT2D eigenvalue weighted by Gasteiger charge is 2.38. The van der Waals surface area contributed by atoms with Crippen molar-refractivity contribution in [1.82, 2.24) is 15.1 Å². The number of carbonyl (C=O) groups is 1. The summed E-state index contributed by atoms with van der Waals surface area (Å²) in [6, 6.07) is 1.000. The van der Waals surface area contributed by atoms with Crippen LogP contribution in [0.1, 0.15) is 32.6 Å². The number of carbonyl (C=O) groups excluding carboxylic acids is 1. The quantitative estimate of drug-likeness (QED) is 0.842. The maximum atomic E-state index is 12.2. The molecule has 6 heteroatoms. The summed E-state index contributed by atoms with van der Waals surface area (Å²) in [6.07, 6.45) is 4.83. The Morgan fingerprint density at radius 3 is 3.05 bits per heavy atom. The molecule has 3 heterocycles. The molecule has 22 heavy (non-hydrogen) atoms. The van der Waals surface area contributed by atoms with E-state index in [4.69, 9.17) is 4.74 Å². The predicted molar refractivity (Wildman–Crippen MR) is 89.9 cm³/mol. The number of urea groups is 1. The summed E-state index contributed by atoms with van der Waals surface area (Å²) in [7, 11) is 1.72. The first-order valence-corrected chi connectivity index (χ1v) is 9.45. The minimum Gasteiger partial charge on any atom is -0.375 e. The number of fused-ring (bicyclic) bond motifs is 2. The Hall–Kier alpha value is -0.720. The minimum absolute atomic E-state index is 0.0343. The third-order valence-corrected chi connectivity index (χ3v) is 5.99. The standard InChI is InChI=1S/C16H27N3O2S/c1-3-12-10-22-11-13(19(12)16(20)17-2)5-4-6-18-8-15-7-14(18)9-21-15/h10,13-15H,3-9,11H2,1-2H3,(H,17,20)/t13-,14+,15+/m1/s1. The average Bonchev–Trinajstić information content (AvgIpc) is 3.16. The summed E-state index contributed by atoms with van der Waals surface area (Å²) >= 11 is 1.84. The molecule has 5 nitrogen and oxygen atoms in total. The number of likely N-dealkylation sites (tertiary alicyclic amines) is 1. The van der Waals surface area contributed by atoms with Crippen molar-refractivity contribution in [2.45, 2.75) is 50.8 Å². The molecule has 3 rings (SSSR count). The summed E-state index contributed by atoms with van der Waals surface area (Å²) in [5, 5.41) is 4.93. The van der Waals surface area contributed by atoms with Gasteiger partial charge in [-0.1, -0.05) is 6.92 Å². The number of morpholine rings is 1. The van der Waals surface area contributed by atoms with E-state index in [0.717, 1.165) is 50.4 Å². The van der Waals surface area contributed by atoms with Gasteiger partial charge in [-0.25, -0.2) is 4.79 Å². The van der Waals surface area contributed by atoms with Crippen LogP contribution in [0.25, 0.3) is 0 Å². The molecule has 0 aliphatic carbocycles. The van der Waals surface area contributed by atoms with Crippen molar-refractivity contribution < 1.29 is 9.53 Å². The Morgan fingerprint density at radius 1 is 1.55 bits per heavy atom. The molecule has 0 aromatic carbocycles. The molecule has 2 saturated heterocycles. The van der Waals surface area contributed by atoms with Crippen LogP contribution in [0, 0.1) is 0 Å². The lowest BCUT2D eigenvalue weighted by Gasteiger charge is -2.36. The van der Waals surface area contributed by atoms with Gasteiger partial charge in [-0.2, -0.15) is 0 Å². The first kappa shape index (κ1) is 16.1. The lowest BCUT2D eigenvalue weighted by molar-refractivity contribution is 0.0296. The van der Waals surface area contributed by atoms with E-state index in [1.807, 2.05) is 16.7 Å². The topological polar surface area (TPSA) is 44.8 Å². The third-order valence-electron chi connectivity index (χ3n) is 4.97. The molecular formula is C16H27N3O2S. The normalized spacial score (nSPS) is 31.5. The van der Waals surface area contributed by atoms with Crippen molar-refractivity contribution >= 4 is 17.8 Å². The van der Waals surface area contributed by atoms with Gasteiger partial charge in [0, 0.05) is 37.1 Å². The van der Waals surface area contributed by atoms with E-state index >= 15 is 0 Å². The molecule has 0 radical (unpaired) electrons. The molecule has 0 saturated carbocycles. The number of hydrogen-bond acceptors (Lipinski definition) is 4. The summed E-state index contributed by atoms with van der Waals surface area (Å²) < 4.78 is 5.66. The van der Waals surface area contributed by atoms with Crippen LogP contribution in [-0.4, -0.2) is 66.5 Å². The van der Waals surface area contributed by atoms with E-state index in [0.29, 0.717) is 18.2 Å². The molecule has 3 aliphatic heterocycles. The molecule has 2 amide bonds. The van der Waals surface area contributed by atoms with Crippen LogP contribution >= 0.6 is 11.8 Å². The van der Waals surface area contributed by atoms with Crippen LogP contribution in [0.2, 0.25) is 0 Å². The molecule has 0 unspecified atom stereocenters. The van der Waals surface area contributed by atoms with Crippen molar-refractivity contribution in [2.24, 2.45) is 0 Å². The lowest BCUT2D eigenvalue weighted by Crippen LogP contribution is -2.47. The summed E-state index contributed by atoms with van der Waals surface area (Å²) in [6.45, 7) is 5.27. The van der Waals surface area contributed by atoms with E-state index in [1.54, 1.807) is 7.05 Å². The molecule has 124 valence electrons. The number of nitrogens with zero attached hydrogens (tertiary/aromatic N) is 2. The van der Waals surface area contributed by atoms with Crippen molar-refractivity contribution in [3.8, 4) is 0 Å². The van der Waals surface area contributed by atoms with E-state index < -0.39 is 0 Å². The second-order valence-electron chi connectivity index (χ2n) is 6.36. The van der Waals surface area contributed by atoms with Gasteiger partial charge >= 0.3 is 6.03 Å². The Bertz CT molecular complexity index is 443. The zero-order chi connectivity index (χ0) is 15.5. The fourth-order valence-electron chi connectivity index (χ4n) is 3.79. The van der Waals surface area contributed by atoms with E-state index in [1.165, 1.54) is 6.42 Å². The largest absolute Gasteiger partial charge is 0.375 e. The molecule has 2 bridgehead atoms. The number of rotatable bonds is 5. The van der Waals surface area contributed by atoms with Crippen LogP contribution in [0.3, 0.4) is 0 Å². The first-order chi connectivity index (χ1) is 10.7. The van der Waals surface area contributed by atoms with Gasteiger partial charge in [-0.3, -0.25) is 9.80 Å². The second kappa shape index (κ2) is 7.23. The molecule has 1 N–H and O–H groups in total. The fraction of sp³-hybridized carbons (Fsp3) is 0.812. The fourth-order valence-corrected chi connectivity index (χ4v) is 4.89. The number of ether oxygens (including phenoxy) is 1. The molecule has 0 aromatic rings. The van der Waals surface area contributed by atoms with Crippen LogP contribution < -0.4 is 5.32 Å². The zero-order valence-electron chi connectivity index (χ0n) is 13.6. The lowest BCUT2D eigenvalue weighted by atomic mass is 10.1. The van der Waals surface area contributed by atoms with Crippen molar-refractivity contribution in [2.75, 3.05) is 32.5 Å². The molecule has 3 aliphatic rings. The smallest absolute Gasteiger partial charge is 0.321 e. The van der Waals surface area contributed by atoms with Crippen LogP contribution in [0.5, 0.6) is 0 Å². The number of thioether (sulfide) groups is 1. The number of hydrogen-bond donors (Lipinski definition) is 1. The first-order valence-electron chi connectivity index (χ1n) is 8.40. The van der Waals surface area contributed by atoms with Gasteiger partial charge in [0.05, 0.1) is 12.7 Å².